The molecule has 0 atom stereocenters. The zero-order chi connectivity index (χ0) is 7.00. The number of hydrogen-bond acceptors (Lipinski definition) is 2. The molecule has 8 heavy (non-hydrogen) atoms. The summed E-state index contributed by atoms with van der Waals surface area (Å²) in [6.07, 6.45) is 0. The molecule has 0 unspecified atom stereocenters. The van der Waals surface area contributed by atoms with Gasteiger partial charge in [0.25, 0.3) is 0 Å². The van der Waals surface area contributed by atoms with Crippen molar-refractivity contribution in [2.75, 3.05) is 0 Å². The van der Waals surface area contributed by atoms with Crippen molar-refractivity contribution in [2.24, 2.45) is 0 Å². The molecule has 0 fully saturated rings. The van der Waals surface area contributed by atoms with Gasteiger partial charge in [-0.3, -0.25) is 0 Å². The molecule has 0 heterocycles. The molecule has 0 aromatic heterocycles. The minimum absolute atomic E-state index is 5.46. The van der Waals surface area contributed by atoms with Gasteiger partial charge in [-0.15, -0.1) is 0 Å². The van der Waals surface area contributed by atoms with Crippen molar-refractivity contribution < 1.29 is 25.0 Å². The van der Waals surface area contributed by atoms with Gasteiger partial charge in [-0.1, -0.05) is 0 Å². The van der Waals surface area contributed by atoms with E-state index in [1.807, 2.05) is 0 Å². The van der Waals surface area contributed by atoms with Gasteiger partial charge in [0.1, 0.15) is 0 Å². The van der Waals surface area contributed by atoms with Crippen LogP contribution in [0.15, 0.2) is 0 Å². The average Bonchev–Trinajstić information content (AvgIpc) is 1.25. The van der Waals surface area contributed by atoms with Gasteiger partial charge in [-0.05, 0) is 0 Å². The van der Waals surface area contributed by atoms with E-state index in [0.29, 0.717) is 0 Å². The molecule has 0 aliphatic carbocycles. The Hall–Kier alpha value is -0.131. The van der Waals surface area contributed by atoms with Crippen LogP contribution in [0, 0.1) is 0 Å². The Kier molecular flexibility index (Phi) is 1.65. The van der Waals surface area contributed by atoms with Crippen LogP contribution in [-0.4, -0.2) is 22.3 Å². The SMILES string of the molecule is O=[Se](=O)(O)C(F)(F)F. The van der Waals surface area contributed by atoms with Gasteiger partial charge in [-0.25, -0.2) is 0 Å². The first-order valence-corrected chi connectivity index (χ1v) is 4.31. The van der Waals surface area contributed by atoms with E-state index >= 15 is 0 Å². The molecule has 0 amide bonds. The van der Waals surface area contributed by atoms with Gasteiger partial charge in [0.15, 0.2) is 0 Å². The number of halogens is 3. The molecule has 0 radical (unpaired) electrons. The molecular weight excluding hydrogens is 196 g/mol. The minimum atomic E-state index is -6.52. The predicted octanol–water partition coefficient (Wildman–Crippen LogP) is -0.120. The molecule has 7 heteroatoms. The summed E-state index contributed by atoms with van der Waals surface area (Å²) >= 11 is -6.52. The summed E-state index contributed by atoms with van der Waals surface area (Å²) in [4.78, 5) is 0. The van der Waals surface area contributed by atoms with Gasteiger partial charge in [-0.2, -0.15) is 0 Å². The molecule has 3 nitrogen and oxygen atoms in total. The standard InChI is InChI=1S/CHF3O3Se/c2-1(3,4)8(5,6)7/h(H,5,6,7). The van der Waals surface area contributed by atoms with E-state index in [9.17, 15) is 13.2 Å². The van der Waals surface area contributed by atoms with E-state index in [1.165, 1.54) is 0 Å². The third-order valence-corrected chi connectivity index (χ3v) is 1.52. The summed E-state index contributed by atoms with van der Waals surface area (Å²) in [6.45, 7) is 0. The summed E-state index contributed by atoms with van der Waals surface area (Å²) in [5.74, 6) is 0. The Morgan fingerprint density at radius 2 is 1.38 bits per heavy atom. The number of alkyl halides is 3. The first kappa shape index (κ1) is 7.87. The van der Waals surface area contributed by atoms with Gasteiger partial charge in [0.2, 0.25) is 0 Å². The molecule has 1 N–H and O–H groups in total. The molecule has 0 saturated carbocycles. The van der Waals surface area contributed by atoms with Gasteiger partial charge < -0.3 is 0 Å². The van der Waals surface area contributed by atoms with Crippen LogP contribution in [0.4, 0.5) is 13.2 Å². The van der Waals surface area contributed by atoms with E-state index < -0.39 is 18.1 Å². The topological polar surface area (TPSA) is 54.4 Å². The van der Waals surface area contributed by atoms with E-state index in [2.05, 4.69) is 0 Å². The molecule has 0 bridgehead atoms. The Morgan fingerprint density at radius 1 is 1.25 bits per heavy atom. The van der Waals surface area contributed by atoms with Crippen LogP contribution >= 0.6 is 0 Å². The molecule has 0 rings (SSSR count). The van der Waals surface area contributed by atoms with E-state index in [1.54, 1.807) is 0 Å². The van der Waals surface area contributed by atoms with Crippen molar-refractivity contribution >= 4 is 13.0 Å². The van der Waals surface area contributed by atoms with E-state index in [0.717, 1.165) is 0 Å². The maximum absolute atomic E-state index is 10.8. The van der Waals surface area contributed by atoms with Gasteiger partial charge in [0.05, 0.1) is 0 Å². The van der Waals surface area contributed by atoms with E-state index in [-0.39, 0.29) is 0 Å². The Labute approximate surface area is 44.1 Å². The van der Waals surface area contributed by atoms with Crippen LogP contribution in [0.25, 0.3) is 0 Å². The van der Waals surface area contributed by atoms with Crippen LogP contribution in [0.1, 0.15) is 0 Å². The first-order valence-electron chi connectivity index (χ1n) is 1.29. The predicted molar refractivity (Wildman–Crippen MR) is 15.4 cm³/mol. The fraction of sp³-hybridized carbons (Fsp3) is 1.00. The summed E-state index contributed by atoms with van der Waals surface area (Å²) < 4.78 is 57.9. The normalized spacial score (nSPS) is 14.0. The molecule has 50 valence electrons. The number of rotatable bonds is 0. The van der Waals surface area contributed by atoms with Crippen molar-refractivity contribution in [3.8, 4) is 0 Å². The fourth-order valence-electron chi connectivity index (χ4n) is 0. The van der Waals surface area contributed by atoms with Crippen molar-refractivity contribution in [2.45, 2.75) is 5.07 Å². The first-order chi connectivity index (χ1) is 3.25. The Morgan fingerprint density at radius 3 is 1.38 bits per heavy atom. The number of hydrogen-bond donors (Lipinski definition) is 1. The molecule has 0 saturated heterocycles. The zero-order valence-corrected chi connectivity index (χ0v) is 5.02. The summed E-state index contributed by atoms with van der Waals surface area (Å²) in [7, 11) is 0. The quantitative estimate of drug-likeness (QED) is 0.550. The molecule has 0 aromatic carbocycles. The summed E-state index contributed by atoms with van der Waals surface area (Å²) in [6, 6.07) is 0. The maximum atomic E-state index is 10.8. The molecule has 0 aliphatic rings. The zero-order valence-electron chi connectivity index (χ0n) is 3.31. The second-order valence-electron chi connectivity index (χ2n) is 0.921. The summed E-state index contributed by atoms with van der Waals surface area (Å²) in [5, 5.41) is -5.46. The Bertz CT molecular complexity index is 163. The summed E-state index contributed by atoms with van der Waals surface area (Å²) in [5.41, 5.74) is 0. The molecular formula is CHF3O3Se. The molecule has 0 aliphatic heterocycles. The van der Waals surface area contributed by atoms with Gasteiger partial charge >= 0.3 is 43.1 Å². The second-order valence-corrected chi connectivity index (χ2v) is 3.89. The van der Waals surface area contributed by atoms with Crippen LogP contribution in [0.2, 0.25) is 0 Å². The van der Waals surface area contributed by atoms with Crippen LogP contribution < -0.4 is 0 Å². The van der Waals surface area contributed by atoms with E-state index in [4.69, 9.17) is 11.9 Å². The van der Waals surface area contributed by atoms with Crippen LogP contribution in [-0.2, 0) is 7.67 Å². The van der Waals surface area contributed by atoms with Crippen molar-refractivity contribution in [1.29, 1.82) is 0 Å². The second kappa shape index (κ2) is 1.68. The monoisotopic (exact) mass is 198 g/mol. The van der Waals surface area contributed by atoms with Crippen LogP contribution in [0.3, 0.4) is 0 Å². The fourth-order valence-corrected chi connectivity index (χ4v) is 0. The molecule has 0 aromatic rings. The van der Waals surface area contributed by atoms with Gasteiger partial charge in [0, 0.05) is 0 Å². The van der Waals surface area contributed by atoms with Crippen LogP contribution in [0.5, 0.6) is 0 Å². The van der Waals surface area contributed by atoms with Crippen molar-refractivity contribution in [1.82, 2.24) is 0 Å². The third kappa shape index (κ3) is 1.77. The third-order valence-electron chi connectivity index (χ3n) is 0.292. The Balaban J connectivity index is 4.53. The average molecular weight is 197 g/mol. The van der Waals surface area contributed by atoms with Crippen molar-refractivity contribution in [3.63, 3.8) is 0 Å². The molecule has 0 spiro atoms. The van der Waals surface area contributed by atoms with Crippen molar-refractivity contribution in [3.05, 3.63) is 0 Å².